The van der Waals surface area contributed by atoms with E-state index in [1.165, 1.54) is 12.8 Å². The maximum Gasteiger partial charge on any atom is 0.222 e. The zero-order chi connectivity index (χ0) is 9.80. The lowest BCUT2D eigenvalue weighted by Crippen LogP contribution is -2.34. The first-order chi connectivity index (χ1) is 6.84. The van der Waals surface area contributed by atoms with Crippen molar-refractivity contribution in [2.75, 3.05) is 6.61 Å². The van der Waals surface area contributed by atoms with Gasteiger partial charge < -0.3 is 10.1 Å². The molecule has 1 unspecified atom stereocenters. The Morgan fingerprint density at radius 3 is 2.64 bits per heavy atom. The van der Waals surface area contributed by atoms with E-state index in [-0.39, 0.29) is 12.0 Å². The molecule has 14 heavy (non-hydrogen) atoms. The van der Waals surface area contributed by atoms with Crippen molar-refractivity contribution in [1.82, 2.24) is 5.32 Å². The minimum atomic E-state index is 0.184. The fraction of sp³-hybridized carbons (Fsp3) is 0.909. The van der Waals surface area contributed by atoms with E-state index < -0.39 is 0 Å². The fourth-order valence-electron chi connectivity index (χ4n) is 2.37. The molecule has 1 amide bonds. The Morgan fingerprint density at radius 1 is 1.21 bits per heavy atom. The Kier molecular flexibility index (Phi) is 3.40. The predicted molar refractivity (Wildman–Crippen MR) is 54.0 cm³/mol. The first-order valence-corrected chi connectivity index (χ1v) is 5.75. The first-order valence-electron chi connectivity index (χ1n) is 5.75. The Labute approximate surface area is 85.2 Å². The standard InChI is InChI=1S/C11H19NO2/c13-11(8-10-6-3-7-14-10)12-9-4-1-2-5-9/h9-10H,1-8H2,(H,12,13). The third-order valence-electron chi connectivity index (χ3n) is 3.16. The fourth-order valence-corrected chi connectivity index (χ4v) is 2.37. The second-order valence-electron chi connectivity index (χ2n) is 4.39. The zero-order valence-electron chi connectivity index (χ0n) is 8.63. The van der Waals surface area contributed by atoms with Gasteiger partial charge in [0.2, 0.25) is 5.91 Å². The van der Waals surface area contributed by atoms with Gasteiger partial charge in [-0.15, -0.1) is 0 Å². The van der Waals surface area contributed by atoms with Crippen LogP contribution in [0, 0.1) is 0 Å². The summed E-state index contributed by atoms with van der Waals surface area (Å²) in [4.78, 5) is 11.6. The third-order valence-corrected chi connectivity index (χ3v) is 3.16. The van der Waals surface area contributed by atoms with Crippen LogP contribution in [0.25, 0.3) is 0 Å². The molecule has 0 aromatic rings. The van der Waals surface area contributed by atoms with Crippen molar-refractivity contribution in [1.29, 1.82) is 0 Å². The number of hydrogen-bond donors (Lipinski definition) is 1. The van der Waals surface area contributed by atoms with E-state index in [0.717, 1.165) is 32.3 Å². The van der Waals surface area contributed by atoms with Gasteiger partial charge in [0.15, 0.2) is 0 Å². The molecular weight excluding hydrogens is 178 g/mol. The Balaban J connectivity index is 1.66. The number of nitrogens with one attached hydrogen (secondary N) is 1. The molecule has 2 rings (SSSR count). The van der Waals surface area contributed by atoms with Crippen molar-refractivity contribution in [3.63, 3.8) is 0 Å². The summed E-state index contributed by atoms with van der Waals surface area (Å²) in [5.74, 6) is 0.184. The van der Waals surface area contributed by atoms with Crippen molar-refractivity contribution in [3.05, 3.63) is 0 Å². The summed E-state index contributed by atoms with van der Waals surface area (Å²) in [7, 11) is 0. The second-order valence-corrected chi connectivity index (χ2v) is 4.39. The number of carbonyl (C=O) groups excluding carboxylic acids is 1. The minimum Gasteiger partial charge on any atom is -0.378 e. The molecule has 0 aromatic carbocycles. The highest BCUT2D eigenvalue weighted by molar-refractivity contribution is 5.76. The number of hydrogen-bond acceptors (Lipinski definition) is 2. The molecule has 2 fully saturated rings. The van der Waals surface area contributed by atoms with Gasteiger partial charge in [0.1, 0.15) is 0 Å². The topological polar surface area (TPSA) is 38.3 Å². The van der Waals surface area contributed by atoms with Crippen molar-refractivity contribution < 1.29 is 9.53 Å². The molecule has 0 radical (unpaired) electrons. The lowest BCUT2D eigenvalue weighted by molar-refractivity contribution is -0.123. The second kappa shape index (κ2) is 4.78. The Morgan fingerprint density at radius 2 is 2.00 bits per heavy atom. The monoisotopic (exact) mass is 197 g/mol. The van der Waals surface area contributed by atoms with Crippen LogP contribution in [-0.4, -0.2) is 24.7 Å². The van der Waals surface area contributed by atoms with Gasteiger partial charge in [0.25, 0.3) is 0 Å². The third kappa shape index (κ3) is 2.71. The van der Waals surface area contributed by atoms with E-state index in [2.05, 4.69) is 5.32 Å². The van der Waals surface area contributed by atoms with E-state index in [4.69, 9.17) is 4.74 Å². The number of carbonyl (C=O) groups is 1. The van der Waals surface area contributed by atoms with E-state index in [9.17, 15) is 4.79 Å². The average molecular weight is 197 g/mol. The summed E-state index contributed by atoms with van der Waals surface area (Å²) in [5.41, 5.74) is 0. The number of rotatable bonds is 3. The normalized spacial score (nSPS) is 28.1. The summed E-state index contributed by atoms with van der Waals surface area (Å²) >= 11 is 0. The van der Waals surface area contributed by atoms with Gasteiger partial charge in [-0.1, -0.05) is 12.8 Å². The Hall–Kier alpha value is -0.570. The van der Waals surface area contributed by atoms with Crippen LogP contribution in [0.1, 0.15) is 44.9 Å². The zero-order valence-corrected chi connectivity index (χ0v) is 8.63. The summed E-state index contributed by atoms with van der Waals surface area (Å²) in [6.45, 7) is 0.835. The SMILES string of the molecule is O=C(CC1CCCO1)NC1CCCC1. The molecule has 3 heteroatoms. The maximum atomic E-state index is 11.6. The van der Waals surface area contributed by atoms with Gasteiger partial charge in [-0.05, 0) is 25.7 Å². The first kappa shape index (κ1) is 9.97. The summed E-state index contributed by atoms with van der Waals surface area (Å²) in [5, 5.41) is 3.09. The average Bonchev–Trinajstić information content (AvgIpc) is 2.76. The van der Waals surface area contributed by atoms with E-state index in [1.807, 2.05) is 0 Å². The molecule has 1 saturated heterocycles. The van der Waals surface area contributed by atoms with Crippen LogP contribution < -0.4 is 5.32 Å². The van der Waals surface area contributed by atoms with Crippen molar-refractivity contribution in [2.24, 2.45) is 0 Å². The van der Waals surface area contributed by atoms with Crippen LogP contribution in [0.4, 0.5) is 0 Å². The highest BCUT2D eigenvalue weighted by Gasteiger charge is 2.22. The molecule has 1 heterocycles. The largest absolute Gasteiger partial charge is 0.378 e. The van der Waals surface area contributed by atoms with E-state index in [1.54, 1.807) is 0 Å². The van der Waals surface area contributed by atoms with Gasteiger partial charge in [0.05, 0.1) is 12.5 Å². The summed E-state index contributed by atoms with van der Waals surface area (Å²) in [6, 6.07) is 0.448. The van der Waals surface area contributed by atoms with Gasteiger partial charge >= 0.3 is 0 Å². The van der Waals surface area contributed by atoms with Crippen LogP contribution in [0.15, 0.2) is 0 Å². The van der Waals surface area contributed by atoms with Crippen molar-refractivity contribution >= 4 is 5.91 Å². The quantitative estimate of drug-likeness (QED) is 0.746. The van der Waals surface area contributed by atoms with Crippen LogP contribution in [-0.2, 0) is 9.53 Å². The molecule has 1 N–H and O–H groups in total. The lowest BCUT2D eigenvalue weighted by atomic mass is 10.1. The number of amides is 1. The van der Waals surface area contributed by atoms with Gasteiger partial charge in [-0.2, -0.15) is 0 Å². The molecule has 2 aliphatic rings. The van der Waals surface area contributed by atoms with Crippen LogP contribution in [0.5, 0.6) is 0 Å². The Bertz CT molecular complexity index is 173. The van der Waals surface area contributed by atoms with Crippen LogP contribution >= 0.6 is 0 Å². The molecular formula is C11H19NO2. The molecule has 0 aromatic heterocycles. The molecule has 1 aliphatic carbocycles. The van der Waals surface area contributed by atoms with Crippen LogP contribution in [0.2, 0.25) is 0 Å². The molecule has 0 bridgehead atoms. The van der Waals surface area contributed by atoms with Crippen molar-refractivity contribution in [3.8, 4) is 0 Å². The predicted octanol–water partition coefficient (Wildman–Crippen LogP) is 1.61. The van der Waals surface area contributed by atoms with Crippen LogP contribution in [0.3, 0.4) is 0 Å². The lowest BCUT2D eigenvalue weighted by Gasteiger charge is -2.14. The summed E-state index contributed by atoms with van der Waals surface area (Å²) in [6.07, 6.45) is 7.79. The number of ether oxygens (including phenoxy) is 1. The smallest absolute Gasteiger partial charge is 0.222 e. The van der Waals surface area contributed by atoms with Gasteiger partial charge in [-0.25, -0.2) is 0 Å². The van der Waals surface area contributed by atoms with Crippen molar-refractivity contribution in [2.45, 2.75) is 57.1 Å². The minimum absolute atomic E-state index is 0.184. The molecule has 1 aliphatic heterocycles. The van der Waals surface area contributed by atoms with Gasteiger partial charge in [0, 0.05) is 12.6 Å². The summed E-state index contributed by atoms with van der Waals surface area (Å²) < 4.78 is 5.43. The van der Waals surface area contributed by atoms with Gasteiger partial charge in [-0.3, -0.25) is 4.79 Å². The molecule has 0 spiro atoms. The highest BCUT2D eigenvalue weighted by Crippen LogP contribution is 2.19. The molecule has 80 valence electrons. The van der Waals surface area contributed by atoms with E-state index >= 15 is 0 Å². The molecule has 1 saturated carbocycles. The van der Waals surface area contributed by atoms with E-state index in [0.29, 0.717) is 12.5 Å². The highest BCUT2D eigenvalue weighted by atomic mass is 16.5. The molecule has 3 nitrogen and oxygen atoms in total. The maximum absolute atomic E-state index is 11.6. The molecule has 1 atom stereocenters.